The number of amides is 2. The molecule has 1 N–H and O–H groups in total. The quantitative estimate of drug-likeness (QED) is 0.829. The summed E-state index contributed by atoms with van der Waals surface area (Å²) in [6.45, 7) is 4.98. The molecule has 4 nitrogen and oxygen atoms in total. The zero-order chi connectivity index (χ0) is 18.7. The topological polar surface area (TPSA) is 49.4 Å². The van der Waals surface area contributed by atoms with Crippen LogP contribution in [0.5, 0.6) is 0 Å². The van der Waals surface area contributed by atoms with Gasteiger partial charge in [0, 0.05) is 30.6 Å². The lowest BCUT2D eigenvalue weighted by Crippen LogP contribution is -2.49. The van der Waals surface area contributed by atoms with Gasteiger partial charge in [-0.15, -0.1) is 11.6 Å². The molecule has 1 fully saturated rings. The predicted molar refractivity (Wildman–Crippen MR) is 106 cm³/mol. The van der Waals surface area contributed by atoms with Gasteiger partial charge in [0.05, 0.1) is 5.41 Å². The Balaban J connectivity index is 1.65. The third-order valence-corrected chi connectivity index (χ3v) is 5.75. The van der Waals surface area contributed by atoms with Crippen LogP contribution in [0.25, 0.3) is 10.8 Å². The first-order chi connectivity index (χ1) is 12.4. The SMILES string of the molecule is CC(C)(CCl)C(=O)NC1CCN(C(=O)c2cccc3ccccc23)CC1. The Morgan fingerprint density at radius 1 is 1.12 bits per heavy atom. The second kappa shape index (κ2) is 7.67. The van der Waals surface area contributed by atoms with E-state index < -0.39 is 5.41 Å². The second-order valence-corrected chi connectivity index (χ2v) is 7.85. The first-order valence-electron chi connectivity index (χ1n) is 9.06. The van der Waals surface area contributed by atoms with Crippen molar-refractivity contribution >= 4 is 34.2 Å². The number of rotatable bonds is 4. The van der Waals surface area contributed by atoms with Crippen molar-refractivity contribution in [3.8, 4) is 0 Å². The molecule has 3 rings (SSSR count). The van der Waals surface area contributed by atoms with Crippen LogP contribution in [0.15, 0.2) is 42.5 Å². The molecular weight excluding hydrogens is 348 g/mol. The predicted octanol–water partition coefficient (Wildman–Crippen LogP) is 3.83. The molecule has 1 saturated heterocycles. The number of carbonyl (C=O) groups excluding carboxylic acids is 2. The smallest absolute Gasteiger partial charge is 0.254 e. The maximum absolute atomic E-state index is 13.0. The first kappa shape index (κ1) is 18.7. The number of alkyl halides is 1. The third kappa shape index (κ3) is 3.85. The summed E-state index contributed by atoms with van der Waals surface area (Å²) in [5, 5.41) is 5.14. The number of piperidine rings is 1. The summed E-state index contributed by atoms with van der Waals surface area (Å²) >= 11 is 5.87. The molecule has 138 valence electrons. The minimum atomic E-state index is -0.572. The third-order valence-electron chi connectivity index (χ3n) is 5.09. The van der Waals surface area contributed by atoms with E-state index in [0.29, 0.717) is 13.1 Å². The summed E-state index contributed by atoms with van der Waals surface area (Å²) < 4.78 is 0. The fraction of sp³-hybridized carbons (Fsp3) is 0.429. The van der Waals surface area contributed by atoms with Crippen LogP contribution in [0.3, 0.4) is 0 Å². The minimum Gasteiger partial charge on any atom is -0.353 e. The van der Waals surface area contributed by atoms with Gasteiger partial charge in [0.25, 0.3) is 5.91 Å². The maximum Gasteiger partial charge on any atom is 0.254 e. The van der Waals surface area contributed by atoms with Crippen LogP contribution in [0.4, 0.5) is 0 Å². The molecule has 0 unspecified atom stereocenters. The van der Waals surface area contributed by atoms with Crippen LogP contribution in [-0.2, 0) is 4.79 Å². The van der Waals surface area contributed by atoms with Crippen molar-refractivity contribution in [2.45, 2.75) is 32.7 Å². The van der Waals surface area contributed by atoms with E-state index in [-0.39, 0.29) is 23.7 Å². The van der Waals surface area contributed by atoms with E-state index >= 15 is 0 Å². The average molecular weight is 373 g/mol. The number of hydrogen-bond donors (Lipinski definition) is 1. The molecule has 0 bridgehead atoms. The van der Waals surface area contributed by atoms with Crippen molar-refractivity contribution in [2.24, 2.45) is 5.41 Å². The highest BCUT2D eigenvalue weighted by molar-refractivity contribution is 6.19. The van der Waals surface area contributed by atoms with Crippen LogP contribution < -0.4 is 5.32 Å². The number of nitrogens with zero attached hydrogens (tertiary/aromatic N) is 1. The molecule has 26 heavy (non-hydrogen) atoms. The van der Waals surface area contributed by atoms with Crippen LogP contribution in [-0.4, -0.2) is 41.7 Å². The maximum atomic E-state index is 13.0. The Kier molecular flexibility index (Phi) is 5.52. The number of hydrogen-bond acceptors (Lipinski definition) is 2. The van der Waals surface area contributed by atoms with E-state index in [4.69, 9.17) is 11.6 Å². The molecule has 0 radical (unpaired) electrons. The number of halogens is 1. The lowest BCUT2D eigenvalue weighted by molar-refractivity contribution is -0.129. The van der Waals surface area contributed by atoms with E-state index in [1.165, 1.54) is 0 Å². The highest BCUT2D eigenvalue weighted by Gasteiger charge is 2.30. The van der Waals surface area contributed by atoms with Crippen LogP contribution in [0.1, 0.15) is 37.0 Å². The molecule has 0 aromatic heterocycles. The summed E-state index contributed by atoms with van der Waals surface area (Å²) in [6.07, 6.45) is 1.53. The fourth-order valence-electron chi connectivity index (χ4n) is 3.25. The van der Waals surface area contributed by atoms with Crippen LogP contribution in [0, 0.1) is 5.41 Å². The van der Waals surface area contributed by atoms with Crippen molar-refractivity contribution in [3.63, 3.8) is 0 Å². The highest BCUT2D eigenvalue weighted by Crippen LogP contribution is 2.23. The number of benzene rings is 2. The molecule has 2 amide bonds. The van der Waals surface area contributed by atoms with Crippen molar-refractivity contribution in [1.82, 2.24) is 10.2 Å². The first-order valence-corrected chi connectivity index (χ1v) is 9.60. The summed E-state index contributed by atoms with van der Waals surface area (Å²) in [4.78, 5) is 27.1. The molecule has 0 spiro atoms. The van der Waals surface area contributed by atoms with Gasteiger partial charge >= 0.3 is 0 Å². The number of fused-ring (bicyclic) bond motifs is 1. The van der Waals surface area contributed by atoms with E-state index in [0.717, 1.165) is 29.2 Å². The van der Waals surface area contributed by atoms with E-state index in [1.807, 2.05) is 61.2 Å². The van der Waals surface area contributed by atoms with Crippen molar-refractivity contribution in [3.05, 3.63) is 48.0 Å². The normalized spacial score (nSPS) is 15.9. The Morgan fingerprint density at radius 3 is 2.46 bits per heavy atom. The van der Waals surface area contributed by atoms with Crippen LogP contribution in [0.2, 0.25) is 0 Å². The van der Waals surface area contributed by atoms with Crippen molar-refractivity contribution in [1.29, 1.82) is 0 Å². The average Bonchev–Trinajstić information content (AvgIpc) is 2.67. The number of carbonyl (C=O) groups is 2. The molecule has 2 aromatic carbocycles. The fourth-order valence-corrected chi connectivity index (χ4v) is 3.37. The summed E-state index contributed by atoms with van der Waals surface area (Å²) in [7, 11) is 0. The second-order valence-electron chi connectivity index (χ2n) is 7.58. The zero-order valence-corrected chi connectivity index (χ0v) is 16.1. The van der Waals surface area contributed by atoms with Gasteiger partial charge in [-0.3, -0.25) is 9.59 Å². The molecule has 2 aromatic rings. The number of likely N-dealkylation sites (tertiary alicyclic amines) is 1. The van der Waals surface area contributed by atoms with E-state index in [9.17, 15) is 9.59 Å². The van der Waals surface area contributed by atoms with Crippen molar-refractivity contribution < 1.29 is 9.59 Å². The van der Waals surface area contributed by atoms with Gasteiger partial charge in [-0.25, -0.2) is 0 Å². The Labute approximate surface area is 159 Å². The Morgan fingerprint density at radius 2 is 1.77 bits per heavy atom. The summed E-state index contributed by atoms with van der Waals surface area (Å²) in [6, 6.07) is 13.9. The van der Waals surface area contributed by atoms with Gasteiger partial charge in [0.2, 0.25) is 5.91 Å². The van der Waals surface area contributed by atoms with Gasteiger partial charge in [0.15, 0.2) is 0 Å². The minimum absolute atomic E-state index is 0.0219. The van der Waals surface area contributed by atoms with Gasteiger partial charge in [0.1, 0.15) is 0 Å². The molecule has 1 aliphatic heterocycles. The summed E-state index contributed by atoms with van der Waals surface area (Å²) in [5.74, 6) is 0.330. The highest BCUT2D eigenvalue weighted by atomic mass is 35.5. The molecule has 0 atom stereocenters. The van der Waals surface area contributed by atoms with Gasteiger partial charge < -0.3 is 10.2 Å². The molecule has 1 heterocycles. The lowest BCUT2D eigenvalue weighted by atomic mass is 9.93. The van der Waals surface area contributed by atoms with Crippen LogP contribution >= 0.6 is 11.6 Å². The Hall–Kier alpha value is -2.07. The van der Waals surface area contributed by atoms with Gasteiger partial charge in [-0.05, 0) is 43.5 Å². The standard InChI is InChI=1S/C21H25ClN2O2/c1-21(2,14-22)20(26)23-16-10-12-24(13-11-16)19(25)18-9-5-7-15-6-3-4-8-17(15)18/h3-9,16H,10-14H2,1-2H3,(H,23,26). The lowest BCUT2D eigenvalue weighted by Gasteiger charge is -2.34. The largest absolute Gasteiger partial charge is 0.353 e. The van der Waals surface area contributed by atoms with E-state index in [1.54, 1.807) is 0 Å². The zero-order valence-electron chi connectivity index (χ0n) is 15.3. The molecule has 0 saturated carbocycles. The molecule has 0 aliphatic carbocycles. The number of nitrogens with one attached hydrogen (secondary N) is 1. The Bertz CT molecular complexity index is 805. The van der Waals surface area contributed by atoms with Gasteiger partial charge in [-0.2, -0.15) is 0 Å². The summed E-state index contributed by atoms with van der Waals surface area (Å²) in [5.41, 5.74) is 0.172. The van der Waals surface area contributed by atoms with E-state index in [2.05, 4.69) is 5.32 Å². The molecule has 1 aliphatic rings. The van der Waals surface area contributed by atoms with Gasteiger partial charge in [-0.1, -0.05) is 36.4 Å². The molecular formula is C21H25ClN2O2. The molecule has 5 heteroatoms. The van der Waals surface area contributed by atoms with Crippen molar-refractivity contribution in [2.75, 3.05) is 19.0 Å². The monoisotopic (exact) mass is 372 g/mol.